The number of likely N-dealkylation sites (tertiary alicyclic amines) is 2. The van der Waals surface area contributed by atoms with Crippen molar-refractivity contribution in [1.82, 2.24) is 19.8 Å². The molecule has 41 heavy (non-hydrogen) atoms. The number of piperazine rings is 1. The highest BCUT2D eigenvalue weighted by molar-refractivity contribution is 7.89. The summed E-state index contributed by atoms with van der Waals surface area (Å²) in [5.41, 5.74) is 0. The largest absolute Gasteiger partial charge is 0.340 e. The van der Waals surface area contributed by atoms with Crippen molar-refractivity contribution in [1.29, 1.82) is 0 Å². The molecule has 0 spiro atoms. The van der Waals surface area contributed by atoms with Gasteiger partial charge in [-0.1, -0.05) is 55.2 Å². The Balaban J connectivity index is 1.21. The third kappa shape index (κ3) is 6.39. The molecule has 9 nitrogen and oxygen atoms in total. The van der Waals surface area contributed by atoms with Crippen molar-refractivity contribution in [2.75, 3.05) is 19.6 Å². The van der Waals surface area contributed by atoms with Gasteiger partial charge in [-0.25, -0.2) is 13.1 Å². The minimum Gasteiger partial charge on any atom is -0.340 e. The molecule has 1 unspecified atom stereocenters. The number of halogens is 2. The highest BCUT2D eigenvalue weighted by Crippen LogP contribution is 2.32. The van der Waals surface area contributed by atoms with E-state index >= 15 is 0 Å². The number of nitrogens with one attached hydrogen (secondary N) is 2. The molecule has 2 aliphatic heterocycles. The molecule has 3 aromatic rings. The third-order valence-electron chi connectivity index (χ3n) is 7.40. The number of hydrogen-bond acceptors (Lipinski definition) is 6. The van der Waals surface area contributed by atoms with Gasteiger partial charge >= 0.3 is 0 Å². The summed E-state index contributed by atoms with van der Waals surface area (Å²) in [7, 11) is -4.06. The number of nitrogens with zero attached hydrogens (tertiary/aromatic N) is 2. The standard InChI is InChI=1S/C28H30Cl2N4O5S2/c1-16(2)9-22(32-27(36)24-10-17-5-3-4-6-23(17)40-24)28(37)34-15-19-12-20(34)14-33(19)26(35)13-31-41(38,39)25-11-18(29)7-8-21(25)30/h3-8,10-11,16,19-20,22,31H,9,12-15H2,1-2H3,(H,32,36)/t19-,20-,22?/m0/s1. The van der Waals surface area contributed by atoms with E-state index in [0.29, 0.717) is 30.8 Å². The average molecular weight is 638 g/mol. The van der Waals surface area contributed by atoms with Crippen LogP contribution in [0.1, 0.15) is 36.4 Å². The zero-order chi connectivity index (χ0) is 29.5. The molecule has 1 aromatic heterocycles. The number of rotatable bonds is 9. The van der Waals surface area contributed by atoms with Crippen LogP contribution in [-0.2, 0) is 19.6 Å². The highest BCUT2D eigenvalue weighted by atomic mass is 35.5. The van der Waals surface area contributed by atoms with Crippen LogP contribution < -0.4 is 10.0 Å². The number of hydrogen-bond donors (Lipinski definition) is 2. The maximum atomic E-state index is 13.7. The van der Waals surface area contributed by atoms with E-state index in [-0.39, 0.29) is 50.7 Å². The van der Waals surface area contributed by atoms with Crippen LogP contribution in [0, 0.1) is 5.92 Å². The molecule has 2 saturated heterocycles. The van der Waals surface area contributed by atoms with Gasteiger partial charge in [0.2, 0.25) is 21.8 Å². The monoisotopic (exact) mass is 636 g/mol. The minimum atomic E-state index is -4.06. The second-order valence-corrected chi connectivity index (χ2v) is 14.4. The molecule has 2 aromatic carbocycles. The van der Waals surface area contributed by atoms with Crippen LogP contribution in [-0.4, -0.2) is 73.7 Å². The lowest BCUT2D eigenvalue weighted by atomic mass is 10.0. The van der Waals surface area contributed by atoms with Crippen molar-refractivity contribution in [2.24, 2.45) is 5.92 Å². The van der Waals surface area contributed by atoms with E-state index in [9.17, 15) is 22.8 Å². The van der Waals surface area contributed by atoms with Crippen LogP contribution in [0.2, 0.25) is 10.0 Å². The lowest BCUT2D eigenvalue weighted by molar-refractivity contribution is -0.140. The molecular formula is C28H30Cl2N4O5S2. The molecule has 218 valence electrons. The van der Waals surface area contributed by atoms with Crippen LogP contribution in [0.4, 0.5) is 0 Å². The Morgan fingerprint density at radius 2 is 1.73 bits per heavy atom. The number of fused-ring (bicyclic) bond motifs is 3. The summed E-state index contributed by atoms with van der Waals surface area (Å²) in [5, 5.41) is 4.15. The average Bonchev–Trinajstić information content (AvgIpc) is 3.66. The fraction of sp³-hybridized carbons (Fsp3) is 0.393. The summed E-state index contributed by atoms with van der Waals surface area (Å²) >= 11 is 13.3. The Labute approximate surface area is 252 Å². The molecular weight excluding hydrogens is 607 g/mol. The second-order valence-electron chi connectivity index (χ2n) is 10.8. The van der Waals surface area contributed by atoms with Gasteiger partial charge in [0.1, 0.15) is 10.9 Å². The molecule has 3 heterocycles. The van der Waals surface area contributed by atoms with E-state index in [1.165, 1.54) is 29.5 Å². The highest BCUT2D eigenvalue weighted by Gasteiger charge is 2.48. The lowest BCUT2D eigenvalue weighted by Crippen LogP contribution is -2.57. The van der Waals surface area contributed by atoms with Gasteiger partial charge < -0.3 is 15.1 Å². The zero-order valence-electron chi connectivity index (χ0n) is 22.5. The second kappa shape index (κ2) is 11.9. The predicted octanol–water partition coefficient (Wildman–Crippen LogP) is 4.14. The molecule has 0 radical (unpaired) electrons. The van der Waals surface area contributed by atoms with Crippen molar-refractivity contribution in [3.05, 3.63) is 63.5 Å². The van der Waals surface area contributed by atoms with Gasteiger partial charge in [0, 0.05) is 22.8 Å². The Bertz CT molecular complexity index is 1580. The summed E-state index contributed by atoms with van der Waals surface area (Å²) in [6, 6.07) is 12.5. The maximum Gasteiger partial charge on any atom is 0.262 e. The van der Waals surface area contributed by atoms with Gasteiger partial charge in [-0.3, -0.25) is 14.4 Å². The fourth-order valence-corrected chi connectivity index (χ4v) is 8.18. The maximum absolute atomic E-state index is 13.7. The first-order chi connectivity index (χ1) is 19.4. The van der Waals surface area contributed by atoms with Crippen molar-refractivity contribution in [3.8, 4) is 0 Å². The minimum absolute atomic E-state index is 0.000807. The number of sulfonamides is 1. The Morgan fingerprint density at radius 3 is 2.41 bits per heavy atom. The number of amides is 3. The normalized spacial score (nSPS) is 19.2. The number of thiophene rings is 1. The topological polar surface area (TPSA) is 116 Å². The smallest absolute Gasteiger partial charge is 0.262 e. The summed E-state index contributed by atoms with van der Waals surface area (Å²) in [4.78, 5) is 43.5. The molecule has 2 N–H and O–H groups in total. The Kier molecular flexibility index (Phi) is 8.63. The van der Waals surface area contributed by atoms with Crippen LogP contribution in [0.15, 0.2) is 53.4 Å². The van der Waals surface area contributed by atoms with Gasteiger partial charge in [-0.05, 0) is 54.5 Å². The van der Waals surface area contributed by atoms with Gasteiger partial charge in [-0.2, -0.15) is 0 Å². The molecule has 5 rings (SSSR count). The summed E-state index contributed by atoms with van der Waals surface area (Å²) in [6.45, 7) is 4.19. The van der Waals surface area contributed by atoms with Gasteiger partial charge in [0.15, 0.2) is 0 Å². The quantitative estimate of drug-likeness (QED) is 0.366. The first kappa shape index (κ1) is 29.8. The molecule has 2 aliphatic rings. The SMILES string of the molecule is CC(C)CC(NC(=O)c1cc2ccccc2s1)C(=O)N1C[C@@H]2C[C@H]1CN2C(=O)CNS(=O)(=O)c1cc(Cl)ccc1Cl. The van der Waals surface area contributed by atoms with E-state index in [0.717, 1.165) is 10.1 Å². The van der Waals surface area contributed by atoms with Crippen molar-refractivity contribution < 1.29 is 22.8 Å². The summed E-state index contributed by atoms with van der Waals surface area (Å²) in [6.07, 6.45) is 1.09. The van der Waals surface area contributed by atoms with Crippen molar-refractivity contribution in [3.63, 3.8) is 0 Å². The predicted molar refractivity (Wildman–Crippen MR) is 160 cm³/mol. The molecule has 2 fully saturated rings. The Hall–Kier alpha value is -2.70. The summed E-state index contributed by atoms with van der Waals surface area (Å²) in [5.74, 6) is -0.656. The molecule has 3 atom stereocenters. The fourth-order valence-electron chi connectivity index (χ4n) is 5.48. The molecule has 0 saturated carbocycles. The summed E-state index contributed by atoms with van der Waals surface area (Å²) < 4.78 is 28.8. The first-order valence-electron chi connectivity index (χ1n) is 13.3. The molecule has 13 heteroatoms. The van der Waals surface area contributed by atoms with Crippen LogP contribution in [0.5, 0.6) is 0 Å². The van der Waals surface area contributed by atoms with Crippen molar-refractivity contribution in [2.45, 2.75) is 49.7 Å². The van der Waals surface area contributed by atoms with Crippen LogP contribution >= 0.6 is 34.5 Å². The molecule has 0 aliphatic carbocycles. The number of carbonyl (C=O) groups excluding carboxylic acids is 3. The van der Waals surface area contributed by atoms with E-state index < -0.39 is 22.6 Å². The number of benzene rings is 2. The van der Waals surface area contributed by atoms with Crippen molar-refractivity contribution >= 4 is 72.4 Å². The molecule has 3 amide bonds. The Morgan fingerprint density at radius 1 is 1.02 bits per heavy atom. The van der Waals surface area contributed by atoms with Gasteiger partial charge in [0.25, 0.3) is 5.91 Å². The van der Waals surface area contributed by atoms with E-state index in [4.69, 9.17) is 23.2 Å². The van der Waals surface area contributed by atoms with Crippen LogP contribution in [0.3, 0.4) is 0 Å². The van der Waals surface area contributed by atoms with E-state index in [1.54, 1.807) is 9.80 Å². The number of carbonyl (C=O) groups is 3. The van der Waals surface area contributed by atoms with E-state index in [1.807, 2.05) is 44.2 Å². The lowest BCUT2D eigenvalue weighted by Gasteiger charge is -2.36. The first-order valence-corrected chi connectivity index (χ1v) is 16.3. The van der Waals surface area contributed by atoms with Gasteiger partial charge in [0.05, 0.1) is 28.5 Å². The third-order valence-corrected chi connectivity index (χ3v) is 10.6. The van der Waals surface area contributed by atoms with E-state index in [2.05, 4.69) is 10.0 Å². The molecule has 2 bridgehead atoms. The van der Waals surface area contributed by atoms with Crippen LogP contribution in [0.25, 0.3) is 10.1 Å². The zero-order valence-corrected chi connectivity index (χ0v) is 25.6. The van der Waals surface area contributed by atoms with Gasteiger partial charge in [-0.15, -0.1) is 11.3 Å².